The molecule has 1 unspecified atom stereocenters. The van der Waals surface area contributed by atoms with E-state index in [9.17, 15) is 9.59 Å². The summed E-state index contributed by atoms with van der Waals surface area (Å²) in [5, 5.41) is 0. The first-order valence-electron chi connectivity index (χ1n) is 6.30. The third-order valence-electron chi connectivity index (χ3n) is 3.02. The van der Waals surface area contributed by atoms with Gasteiger partial charge in [-0.1, -0.05) is 12.1 Å². The van der Waals surface area contributed by atoms with Crippen molar-refractivity contribution in [3.63, 3.8) is 0 Å². The first kappa shape index (κ1) is 13.5. The highest BCUT2D eigenvalue weighted by Gasteiger charge is 2.24. The molecule has 1 heterocycles. The number of aldehydes is 1. The van der Waals surface area contributed by atoms with Gasteiger partial charge in [0.05, 0.1) is 18.8 Å². The highest BCUT2D eigenvalue weighted by atomic mass is 16.5. The third-order valence-corrected chi connectivity index (χ3v) is 3.02. The van der Waals surface area contributed by atoms with Crippen LogP contribution in [-0.2, 0) is 9.53 Å². The SMILES string of the molecule is CC(Oc1ccccc1C=O)C(=O)N1CCOCC1. The van der Waals surface area contributed by atoms with Crippen LogP contribution in [0, 0.1) is 0 Å². The van der Waals surface area contributed by atoms with Crippen molar-refractivity contribution in [2.45, 2.75) is 13.0 Å². The zero-order chi connectivity index (χ0) is 13.7. The third kappa shape index (κ3) is 3.32. The second-order valence-corrected chi connectivity index (χ2v) is 4.35. The summed E-state index contributed by atoms with van der Waals surface area (Å²) in [5.41, 5.74) is 0.448. The second-order valence-electron chi connectivity index (χ2n) is 4.35. The number of ether oxygens (including phenoxy) is 2. The van der Waals surface area contributed by atoms with E-state index in [4.69, 9.17) is 9.47 Å². The Morgan fingerprint density at radius 3 is 2.74 bits per heavy atom. The number of morpholine rings is 1. The van der Waals surface area contributed by atoms with Gasteiger partial charge in [0.1, 0.15) is 5.75 Å². The Kier molecular flexibility index (Phi) is 4.52. The van der Waals surface area contributed by atoms with Gasteiger partial charge in [0.2, 0.25) is 0 Å². The van der Waals surface area contributed by atoms with Gasteiger partial charge in [-0.05, 0) is 19.1 Å². The van der Waals surface area contributed by atoms with Gasteiger partial charge >= 0.3 is 0 Å². The molecular formula is C14H17NO4. The van der Waals surface area contributed by atoms with Crippen LogP contribution in [0.3, 0.4) is 0 Å². The minimum absolute atomic E-state index is 0.0796. The van der Waals surface area contributed by atoms with E-state index in [0.29, 0.717) is 37.6 Å². The maximum absolute atomic E-state index is 12.2. The Morgan fingerprint density at radius 1 is 1.37 bits per heavy atom. The molecule has 0 N–H and O–H groups in total. The quantitative estimate of drug-likeness (QED) is 0.764. The number of hydrogen-bond acceptors (Lipinski definition) is 4. The monoisotopic (exact) mass is 263 g/mol. The number of nitrogens with zero attached hydrogens (tertiary/aromatic N) is 1. The number of carbonyl (C=O) groups excluding carboxylic acids is 2. The number of para-hydroxylation sites is 1. The Balaban J connectivity index is 2.01. The summed E-state index contributed by atoms with van der Waals surface area (Å²) in [4.78, 5) is 24.8. The van der Waals surface area contributed by atoms with Crippen LogP contribution in [0.25, 0.3) is 0 Å². The van der Waals surface area contributed by atoms with Crippen LogP contribution in [0.2, 0.25) is 0 Å². The largest absolute Gasteiger partial charge is 0.480 e. The molecule has 5 nitrogen and oxygen atoms in total. The van der Waals surface area contributed by atoms with Crippen molar-refractivity contribution in [1.29, 1.82) is 0 Å². The molecule has 1 amide bonds. The summed E-state index contributed by atoms with van der Waals surface area (Å²) in [6.07, 6.45) is 0.112. The van der Waals surface area contributed by atoms with E-state index in [1.165, 1.54) is 0 Å². The van der Waals surface area contributed by atoms with Crippen LogP contribution < -0.4 is 4.74 Å². The lowest BCUT2D eigenvalue weighted by atomic mass is 10.2. The summed E-state index contributed by atoms with van der Waals surface area (Å²) in [6.45, 7) is 3.98. The van der Waals surface area contributed by atoms with Crippen LogP contribution in [0.5, 0.6) is 5.75 Å². The van der Waals surface area contributed by atoms with Crippen molar-refractivity contribution in [3.8, 4) is 5.75 Å². The van der Waals surface area contributed by atoms with E-state index < -0.39 is 6.10 Å². The minimum Gasteiger partial charge on any atom is -0.480 e. The van der Waals surface area contributed by atoms with Gasteiger partial charge in [-0.15, -0.1) is 0 Å². The molecule has 2 rings (SSSR count). The van der Waals surface area contributed by atoms with Gasteiger partial charge in [-0.25, -0.2) is 0 Å². The second kappa shape index (κ2) is 6.33. The van der Waals surface area contributed by atoms with Gasteiger partial charge < -0.3 is 14.4 Å². The molecule has 102 valence electrons. The van der Waals surface area contributed by atoms with Gasteiger partial charge in [0.25, 0.3) is 5.91 Å². The van der Waals surface area contributed by atoms with Crippen molar-refractivity contribution in [3.05, 3.63) is 29.8 Å². The van der Waals surface area contributed by atoms with Crippen molar-refractivity contribution < 1.29 is 19.1 Å². The predicted octanol–water partition coefficient (Wildman–Crippen LogP) is 1.13. The van der Waals surface area contributed by atoms with E-state index in [0.717, 1.165) is 6.29 Å². The summed E-state index contributed by atoms with van der Waals surface area (Å²) < 4.78 is 10.8. The number of carbonyl (C=O) groups is 2. The molecular weight excluding hydrogens is 246 g/mol. The van der Waals surface area contributed by atoms with E-state index in [-0.39, 0.29) is 5.91 Å². The van der Waals surface area contributed by atoms with Crippen LogP contribution in [0.15, 0.2) is 24.3 Å². The summed E-state index contributed by atoms with van der Waals surface area (Å²) >= 11 is 0. The molecule has 1 aliphatic heterocycles. The first-order valence-corrected chi connectivity index (χ1v) is 6.30. The lowest BCUT2D eigenvalue weighted by molar-refractivity contribution is -0.142. The smallest absolute Gasteiger partial charge is 0.263 e. The normalized spacial score (nSPS) is 16.8. The van der Waals surface area contributed by atoms with Crippen LogP contribution in [0.1, 0.15) is 17.3 Å². The Hall–Kier alpha value is -1.88. The van der Waals surface area contributed by atoms with E-state index in [2.05, 4.69) is 0 Å². The predicted molar refractivity (Wildman–Crippen MR) is 69.3 cm³/mol. The van der Waals surface area contributed by atoms with Crippen molar-refractivity contribution in [1.82, 2.24) is 4.90 Å². The topological polar surface area (TPSA) is 55.8 Å². The number of rotatable bonds is 4. The average molecular weight is 263 g/mol. The Bertz CT molecular complexity index is 455. The number of amides is 1. The molecule has 0 saturated carbocycles. The molecule has 0 radical (unpaired) electrons. The summed E-state index contributed by atoms with van der Waals surface area (Å²) in [5.74, 6) is 0.357. The van der Waals surface area contributed by atoms with Gasteiger partial charge in [-0.2, -0.15) is 0 Å². The van der Waals surface area contributed by atoms with E-state index in [1.807, 2.05) is 0 Å². The Labute approximate surface area is 112 Å². The molecule has 1 aromatic rings. The van der Waals surface area contributed by atoms with Crippen molar-refractivity contribution in [2.75, 3.05) is 26.3 Å². The summed E-state index contributed by atoms with van der Waals surface area (Å²) in [6, 6.07) is 6.88. The van der Waals surface area contributed by atoms with E-state index in [1.54, 1.807) is 36.1 Å². The molecule has 1 fully saturated rings. The molecule has 0 aliphatic carbocycles. The first-order chi connectivity index (χ1) is 9.22. The maximum atomic E-state index is 12.2. The summed E-state index contributed by atoms with van der Waals surface area (Å²) in [7, 11) is 0. The standard InChI is InChI=1S/C14H17NO4/c1-11(14(17)15-6-8-18-9-7-15)19-13-5-3-2-4-12(13)10-16/h2-5,10-11H,6-9H2,1H3. The van der Waals surface area contributed by atoms with Crippen molar-refractivity contribution in [2.24, 2.45) is 0 Å². The molecule has 0 aromatic heterocycles. The fourth-order valence-corrected chi connectivity index (χ4v) is 1.97. The Morgan fingerprint density at radius 2 is 2.05 bits per heavy atom. The fourth-order valence-electron chi connectivity index (χ4n) is 1.97. The highest BCUT2D eigenvalue weighted by molar-refractivity contribution is 5.82. The zero-order valence-corrected chi connectivity index (χ0v) is 10.9. The molecule has 1 saturated heterocycles. The lowest BCUT2D eigenvalue weighted by Crippen LogP contribution is -2.46. The van der Waals surface area contributed by atoms with Crippen LogP contribution >= 0.6 is 0 Å². The molecule has 5 heteroatoms. The maximum Gasteiger partial charge on any atom is 0.263 e. The average Bonchev–Trinajstić information content (AvgIpc) is 2.48. The van der Waals surface area contributed by atoms with Gasteiger partial charge in [0.15, 0.2) is 12.4 Å². The molecule has 1 aliphatic rings. The molecule has 0 bridgehead atoms. The highest BCUT2D eigenvalue weighted by Crippen LogP contribution is 2.18. The molecule has 19 heavy (non-hydrogen) atoms. The zero-order valence-electron chi connectivity index (χ0n) is 10.9. The minimum atomic E-state index is -0.612. The lowest BCUT2D eigenvalue weighted by Gasteiger charge is -2.29. The van der Waals surface area contributed by atoms with Crippen molar-refractivity contribution >= 4 is 12.2 Å². The molecule has 0 spiro atoms. The number of hydrogen-bond donors (Lipinski definition) is 0. The molecule has 1 atom stereocenters. The molecule has 1 aromatic carbocycles. The van der Waals surface area contributed by atoms with Gasteiger partial charge in [0, 0.05) is 13.1 Å². The number of benzene rings is 1. The van der Waals surface area contributed by atoms with Gasteiger partial charge in [-0.3, -0.25) is 9.59 Å². The van der Waals surface area contributed by atoms with E-state index >= 15 is 0 Å². The van der Waals surface area contributed by atoms with Crippen LogP contribution in [-0.4, -0.2) is 49.5 Å². The fraction of sp³-hybridized carbons (Fsp3) is 0.429. The van der Waals surface area contributed by atoms with Crippen LogP contribution in [0.4, 0.5) is 0 Å².